The van der Waals surface area contributed by atoms with Gasteiger partial charge in [0.25, 0.3) is 5.91 Å². The van der Waals surface area contributed by atoms with Crippen molar-refractivity contribution in [3.05, 3.63) is 35.4 Å². The lowest BCUT2D eigenvalue weighted by Crippen LogP contribution is -2.33. The summed E-state index contributed by atoms with van der Waals surface area (Å²) in [4.78, 5) is 15.2. The smallest absolute Gasteiger partial charge is 0.253 e. The Morgan fingerprint density at radius 2 is 0.967 bits per heavy atom. The molecule has 0 atom stereocenters. The van der Waals surface area contributed by atoms with Crippen molar-refractivity contribution < 1.29 is 4.79 Å². The van der Waals surface area contributed by atoms with Gasteiger partial charge in [-0.2, -0.15) is 0 Å². The summed E-state index contributed by atoms with van der Waals surface area (Å²) in [7, 11) is 0. The third-order valence-corrected chi connectivity index (χ3v) is 6.15. The molecule has 1 aromatic carbocycles. The molecule has 1 amide bonds. The lowest BCUT2D eigenvalue weighted by molar-refractivity contribution is 0.0749. The number of carbonyl (C=O) groups excluding carboxylic acids is 1. The number of hydrogen-bond acceptors (Lipinski definition) is 1. The molecule has 2 nitrogen and oxygen atoms in total. The molecule has 30 heavy (non-hydrogen) atoms. The molecule has 172 valence electrons. The maximum absolute atomic E-state index is 13.1. The predicted molar refractivity (Wildman–Crippen MR) is 132 cm³/mol. The Balaban J connectivity index is 2.35. The summed E-state index contributed by atoms with van der Waals surface area (Å²) in [5.74, 6) is 0.223. The fourth-order valence-corrected chi connectivity index (χ4v) is 4.07. The molecule has 1 aromatic rings. The van der Waals surface area contributed by atoms with Gasteiger partial charge in [-0.1, -0.05) is 121 Å². The maximum atomic E-state index is 13.1. The molecule has 0 saturated heterocycles. The van der Waals surface area contributed by atoms with Crippen LogP contribution in [-0.4, -0.2) is 23.9 Å². The number of benzene rings is 1. The third-order valence-electron chi connectivity index (χ3n) is 6.15. The molecule has 0 aromatic heterocycles. The van der Waals surface area contributed by atoms with Crippen molar-refractivity contribution in [3.63, 3.8) is 0 Å². The molecule has 2 heteroatoms. The Bertz CT molecular complexity index is 502. The van der Waals surface area contributed by atoms with Gasteiger partial charge in [-0.3, -0.25) is 4.79 Å². The summed E-state index contributed by atoms with van der Waals surface area (Å²) < 4.78 is 0. The van der Waals surface area contributed by atoms with E-state index in [4.69, 9.17) is 0 Å². The van der Waals surface area contributed by atoms with Gasteiger partial charge >= 0.3 is 0 Å². The first-order chi connectivity index (χ1) is 14.7. The van der Waals surface area contributed by atoms with Gasteiger partial charge in [-0.15, -0.1) is 0 Å². The SMILES string of the molecule is CCCCCCCCCCN(CCCCCCCCCC)C(=O)c1ccc(C)cc1. The number of hydrogen-bond donors (Lipinski definition) is 0. The molecule has 0 aliphatic heterocycles. The summed E-state index contributed by atoms with van der Waals surface area (Å²) in [6.07, 6.45) is 21.0. The summed E-state index contributed by atoms with van der Waals surface area (Å²) >= 11 is 0. The highest BCUT2D eigenvalue weighted by Gasteiger charge is 2.15. The molecule has 0 saturated carbocycles. The molecule has 1 rings (SSSR count). The second-order valence-electron chi connectivity index (χ2n) is 9.11. The summed E-state index contributed by atoms with van der Waals surface area (Å²) in [6.45, 7) is 8.45. The van der Waals surface area contributed by atoms with E-state index in [2.05, 4.69) is 37.8 Å². The summed E-state index contributed by atoms with van der Waals surface area (Å²) in [6, 6.07) is 8.09. The number of amides is 1. The lowest BCUT2D eigenvalue weighted by atomic mass is 10.1. The average Bonchev–Trinajstić information content (AvgIpc) is 2.76. The summed E-state index contributed by atoms with van der Waals surface area (Å²) in [5, 5.41) is 0. The third kappa shape index (κ3) is 13.1. The van der Waals surface area contributed by atoms with Crippen LogP contribution in [0.25, 0.3) is 0 Å². The largest absolute Gasteiger partial charge is 0.339 e. The topological polar surface area (TPSA) is 20.3 Å². The van der Waals surface area contributed by atoms with Crippen LogP contribution in [0.1, 0.15) is 133 Å². The van der Waals surface area contributed by atoms with Crippen LogP contribution in [0, 0.1) is 6.92 Å². The first-order valence-corrected chi connectivity index (χ1v) is 13.0. The Kier molecular flexibility index (Phi) is 16.4. The Hall–Kier alpha value is -1.31. The second kappa shape index (κ2) is 18.5. The van der Waals surface area contributed by atoms with E-state index in [0.717, 1.165) is 31.5 Å². The fraction of sp³-hybridized carbons (Fsp3) is 0.750. The minimum Gasteiger partial charge on any atom is -0.339 e. The van der Waals surface area contributed by atoms with Gasteiger partial charge in [0.15, 0.2) is 0 Å². The van der Waals surface area contributed by atoms with Crippen molar-refractivity contribution in [2.75, 3.05) is 13.1 Å². The van der Waals surface area contributed by atoms with E-state index in [1.165, 1.54) is 95.5 Å². The van der Waals surface area contributed by atoms with E-state index in [1.807, 2.05) is 12.1 Å². The van der Waals surface area contributed by atoms with Crippen molar-refractivity contribution in [2.24, 2.45) is 0 Å². The van der Waals surface area contributed by atoms with Gasteiger partial charge in [0.2, 0.25) is 0 Å². The van der Waals surface area contributed by atoms with Gasteiger partial charge in [0.1, 0.15) is 0 Å². The zero-order valence-corrected chi connectivity index (χ0v) is 20.4. The van der Waals surface area contributed by atoms with Crippen LogP contribution in [0.5, 0.6) is 0 Å². The van der Waals surface area contributed by atoms with E-state index in [9.17, 15) is 4.79 Å². The first-order valence-electron chi connectivity index (χ1n) is 13.0. The molecular weight excluding hydrogens is 366 g/mol. The first kappa shape index (κ1) is 26.7. The van der Waals surface area contributed by atoms with Crippen LogP contribution in [-0.2, 0) is 0 Å². The number of aryl methyl sites for hydroxylation is 1. The standard InChI is InChI=1S/C28H49NO/c1-4-6-8-10-12-14-16-18-24-29(25-19-17-15-13-11-9-7-5-2)28(30)27-22-20-26(3)21-23-27/h20-23H,4-19,24-25H2,1-3H3. The van der Waals surface area contributed by atoms with Crippen molar-refractivity contribution in [1.29, 1.82) is 0 Å². The van der Waals surface area contributed by atoms with E-state index in [0.29, 0.717) is 0 Å². The van der Waals surface area contributed by atoms with Crippen LogP contribution in [0.2, 0.25) is 0 Å². The van der Waals surface area contributed by atoms with Crippen molar-refractivity contribution in [2.45, 2.75) is 124 Å². The lowest BCUT2D eigenvalue weighted by Gasteiger charge is -2.23. The van der Waals surface area contributed by atoms with Crippen LogP contribution < -0.4 is 0 Å². The van der Waals surface area contributed by atoms with Gasteiger partial charge in [-0.25, -0.2) is 0 Å². The summed E-state index contributed by atoms with van der Waals surface area (Å²) in [5.41, 5.74) is 2.06. The zero-order chi connectivity index (χ0) is 21.9. The molecule has 0 bridgehead atoms. The van der Waals surface area contributed by atoms with Crippen LogP contribution in [0.3, 0.4) is 0 Å². The van der Waals surface area contributed by atoms with Crippen LogP contribution in [0.15, 0.2) is 24.3 Å². The predicted octanol–water partition coefficient (Wildman–Crippen LogP) is 8.72. The van der Waals surface area contributed by atoms with Gasteiger partial charge in [-0.05, 0) is 31.9 Å². The maximum Gasteiger partial charge on any atom is 0.253 e. The van der Waals surface area contributed by atoms with E-state index < -0.39 is 0 Å². The highest BCUT2D eigenvalue weighted by Crippen LogP contribution is 2.14. The molecule has 0 fully saturated rings. The molecular formula is C28H49NO. The van der Waals surface area contributed by atoms with E-state index in [-0.39, 0.29) is 5.91 Å². The number of carbonyl (C=O) groups is 1. The number of unbranched alkanes of at least 4 members (excludes halogenated alkanes) is 14. The second-order valence-corrected chi connectivity index (χ2v) is 9.11. The zero-order valence-electron chi connectivity index (χ0n) is 20.4. The molecule has 0 aliphatic rings. The minimum atomic E-state index is 0.223. The number of rotatable bonds is 19. The molecule has 0 heterocycles. The highest BCUT2D eigenvalue weighted by molar-refractivity contribution is 5.94. The van der Waals surface area contributed by atoms with Crippen LogP contribution >= 0.6 is 0 Å². The molecule has 0 aliphatic carbocycles. The van der Waals surface area contributed by atoms with Gasteiger partial charge in [0.05, 0.1) is 0 Å². The van der Waals surface area contributed by atoms with Crippen LogP contribution in [0.4, 0.5) is 0 Å². The molecule has 0 radical (unpaired) electrons. The highest BCUT2D eigenvalue weighted by atomic mass is 16.2. The minimum absolute atomic E-state index is 0.223. The average molecular weight is 416 g/mol. The monoisotopic (exact) mass is 415 g/mol. The normalized spacial score (nSPS) is 11.0. The van der Waals surface area contributed by atoms with E-state index in [1.54, 1.807) is 0 Å². The van der Waals surface area contributed by atoms with E-state index >= 15 is 0 Å². The van der Waals surface area contributed by atoms with Crippen molar-refractivity contribution in [3.8, 4) is 0 Å². The Labute approximate surface area is 187 Å². The van der Waals surface area contributed by atoms with Gasteiger partial charge in [0, 0.05) is 18.7 Å². The quantitative estimate of drug-likeness (QED) is 0.207. The number of nitrogens with zero attached hydrogens (tertiary/aromatic N) is 1. The Morgan fingerprint density at radius 3 is 1.37 bits per heavy atom. The van der Waals surface area contributed by atoms with Crippen molar-refractivity contribution >= 4 is 5.91 Å². The van der Waals surface area contributed by atoms with Gasteiger partial charge < -0.3 is 4.90 Å². The molecule has 0 spiro atoms. The Morgan fingerprint density at radius 1 is 0.600 bits per heavy atom. The molecule has 0 N–H and O–H groups in total. The fourth-order valence-electron chi connectivity index (χ4n) is 4.07. The van der Waals surface area contributed by atoms with Crippen molar-refractivity contribution in [1.82, 2.24) is 4.90 Å². The molecule has 0 unspecified atom stereocenters.